The first-order valence-electron chi connectivity index (χ1n) is 3.51. The summed E-state index contributed by atoms with van der Waals surface area (Å²) in [6, 6.07) is 2.76. The third-order valence-electron chi connectivity index (χ3n) is 1.72. The maximum atomic E-state index is 11.0. The molecule has 1 aromatic heterocycles. The van der Waals surface area contributed by atoms with Crippen molar-refractivity contribution in [2.24, 2.45) is 0 Å². The highest BCUT2D eigenvalue weighted by Gasteiger charge is 2.21. The monoisotopic (exact) mass is 258 g/mol. The minimum atomic E-state index is -0.578. The van der Waals surface area contributed by atoms with Crippen LogP contribution in [0.5, 0.6) is 0 Å². The third-order valence-corrected chi connectivity index (χ3v) is 2.17. The molecule has 0 unspecified atom stereocenters. The van der Waals surface area contributed by atoms with Crippen molar-refractivity contribution in [3.63, 3.8) is 0 Å². The van der Waals surface area contributed by atoms with Crippen LogP contribution in [0.1, 0.15) is 0 Å². The van der Waals surface area contributed by atoms with E-state index in [1.54, 1.807) is 0 Å². The quantitative estimate of drug-likeness (QED) is 0.355. The topological polar surface area (TPSA) is 98.8 Å². The molecule has 0 spiro atoms. The predicted octanol–water partition coefficient (Wildman–Crippen LogP) is 0.867. The summed E-state index contributed by atoms with van der Waals surface area (Å²) in [5, 5.41) is 27.2. The SMILES string of the molecule is O=[N+]([O-])c1cc(Br)cc2c1[nH]n[n+]2[O-]. The number of nitro groups is 1. The molecule has 1 heterocycles. The third kappa shape index (κ3) is 1.20. The molecule has 8 heteroatoms. The molecule has 0 aliphatic carbocycles. The van der Waals surface area contributed by atoms with Crippen molar-refractivity contribution in [2.45, 2.75) is 0 Å². The van der Waals surface area contributed by atoms with Gasteiger partial charge < -0.3 is 5.21 Å². The van der Waals surface area contributed by atoms with Crippen LogP contribution in [0.2, 0.25) is 0 Å². The van der Waals surface area contributed by atoms with Crippen molar-refractivity contribution in [2.75, 3.05) is 0 Å². The number of nitrogens with zero attached hydrogens (tertiary/aromatic N) is 3. The van der Waals surface area contributed by atoms with Gasteiger partial charge in [0.2, 0.25) is 5.52 Å². The number of nitrogens with one attached hydrogen (secondary N) is 1. The molecule has 2 aromatic rings. The first kappa shape index (κ1) is 8.88. The zero-order valence-electron chi connectivity index (χ0n) is 6.60. The molecule has 0 saturated heterocycles. The fraction of sp³-hybridized carbons (Fsp3) is 0. The van der Waals surface area contributed by atoms with Gasteiger partial charge in [-0.2, -0.15) is 0 Å². The lowest BCUT2D eigenvalue weighted by Gasteiger charge is -1.94. The van der Waals surface area contributed by atoms with Gasteiger partial charge in [0, 0.05) is 16.6 Å². The van der Waals surface area contributed by atoms with Crippen LogP contribution in [0.3, 0.4) is 0 Å². The van der Waals surface area contributed by atoms with Crippen molar-refractivity contribution in [3.05, 3.63) is 31.9 Å². The van der Waals surface area contributed by atoms with E-state index >= 15 is 0 Å². The number of non-ortho nitro benzene ring substituents is 1. The van der Waals surface area contributed by atoms with E-state index in [0.29, 0.717) is 9.32 Å². The Morgan fingerprint density at radius 1 is 1.57 bits per heavy atom. The normalized spacial score (nSPS) is 10.6. The van der Waals surface area contributed by atoms with Gasteiger partial charge in [0.25, 0.3) is 5.52 Å². The highest BCUT2D eigenvalue weighted by molar-refractivity contribution is 9.10. The molecular formula is C6H3BrN4O3. The number of halogens is 1. The van der Waals surface area contributed by atoms with Gasteiger partial charge in [-0.05, 0) is 0 Å². The number of aromatic amines is 1. The summed E-state index contributed by atoms with van der Waals surface area (Å²) in [6.07, 6.45) is 0. The molecule has 2 rings (SSSR count). The van der Waals surface area contributed by atoms with Gasteiger partial charge >= 0.3 is 5.69 Å². The second-order valence-electron chi connectivity index (χ2n) is 2.56. The number of fused-ring (bicyclic) bond motifs is 1. The number of benzene rings is 1. The molecular weight excluding hydrogens is 256 g/mol. The molecule has 0 aliphatic heterocycles. The average molecular weight is 259 g/mol. The zero-order valence-corrected chi connectivity index (χ0v) is 8.19. The predicted molar refractivity (Wildman–Crippen MR) is 49.4 cm³/mol. The Morgan fingerprint density at radius 2 is 2.29 bits per heavy atom. The van der Waals surface area contributed by atoms with E-state index in [9.17, 15) is 15.3 Å². The van der Waals surface area contributed by atoms with Crippen molar-refractivity contribution in [1.82, 2.24) is 10.3 Å². The van der Waals surface area contributed by atoms with Gasteiger partial charge in [-0.3, -0.25) is 10.1 Å². The molecule has 0 radical (unpaired) electrons. The van der Waals surface area contributed by atoms with Gasteiger partial charge in [-0.1, -0.05) is 15.9 Å². The maximum Gasteiger partial charge on any atom is 0.323 e. The summed E-state index contributed by atoms with van der Waals surface area (Å²) in [7, 11) is 0. The van der Waals surface area contributed by atoms with Gasteiger partial charge in [-0.15, -0.1) is 9.94 Å². The van der Waals surface area contributed by atoms with Crippen LogP contribution in [0, 0.1) is 15.3 Å². The summed E-state index contributed by atoms with van der Waals surface area (Å²) >= 11 is 3.07. The van der Waals surface area contributed by atoms with Crippen LogP contribution in [0.15, 0.2) is 16.6 Å². The molecule has 0 atom stereocenters. The maximum absolute atomic E-state index is 11.0. The minimum absolute atomic E-state index is 0.119. The van der Waals surface area contributed by atoms with Gasteiger partial charge in [0.1, 0.15) is 0 Å². The lowest BCUT2D eigenvalue weighted by molar-refractivity contribution is -0.644. The van der Waals surface area contributed by atoms with Crippen LogP contribution in [0.4, 0.5) is 5.69 Å². The van der Waals surface area contributed by atoms with Crippen molar-refractivity contribution >= 4 is 32.7 Å². The van der Waals surface area contributed by atoms with Crippen LogP contribution in [0.25, 0.3) is 11.0 Å². The smallest absolute Gasteiger partial charge is 0.323 e. The number of hydrogen-bond acceptors (Lipinski definition) is 4. The summed E-state index contributed by atoms with van der Waals surface area (Å²) in [4.78, 5) is 10.3. The zero-order chi connectivity index (χ0) is 10.3. The van der Waals surface area contributed by atoms with Crippen molar-refractivity contribution in [1.29, 1.82) is 0 Å². The summed E-state index contributed by atoms with van der Waals surface area (Å²) < 4.78 is 0.461. The summed E-state index contributed by atoms with van der Waals surface area (Å²) in [6.45, 7) is 0. The molecule has 0 bridgehead atoms. The minimum Gasteiger partial charge on any atom is -0.691 e. The Bertz CT molecular complexity index is 523. The van der Waals surface area contributed by atoms with Crippen molar-refractivity contribution < 1.29 is 9.77 Å². The largest absolute Gasteiger partial charge is 0.691 e. The second kappa shape index (κ2) is 2.91. The van der Waals surface area contributed by atoms with Crippen LogP contribution >= 0.6 is 15.9 Å². The summed E-state index contributed by atoms with van der Waals surface area (Å²) in [5.41, 5.74) is 0.0655. The number of hydrogen-bond donors (Lipinski definition) is 1. The standard InChI is InChI=1S/C6H3BrN4O3/c7-3-1-4-6(8-9-10(4)12)5(2-3)11(13)14/h1-2,8H. The van der Waals surface area contributed by atoms with Crippen molar-refractivity contribution in [3.8, 4) is 0 Å². The Balaban J connectivity index is 2.88. The van der Waals surface area contributed by atoms with Gasteiger partial charge in [0.05, 0.1) is 10.1 Å². The second-order valence-corrected chi connectivity index (χ2v) is 3.48. The first-order chi connectivity index (χ1) is 6.59. The number of nitro benzene ring substituents is 1. The van der Waals surface area contributed by atoms with E-state index in [2.05, 4.69) is 26.2 Å². The lowest BCUT2D eigenvalue weighted by atomic mass is 10.3. The lowest BCUT2D eigenvalue weighted by Crippen LogP contribution is -2.27. The van der Waals surface area contributed by atoms with Crippen LogP contribution < -0.4 is 4.85 Å². The number of H-pyrrole nitrogens is 1. The Labute approximate surface area is 85.2 Å². The molecule has 0 fully saturated rings. The van der Waals surface area contributed by atoms with Gasteiger partial charge in [-0.25, -0.2) is 0 Å². The van der Waals surface area contributed by atoms with E-state index in [1.165, 1.54) is 12.1 Å². The van der Waals surface area contributed by atoms with E-state index in [1.807, 2.05) is 0 Å². The molecule has 14 heavy (non-hydrogen) atoms. The van der Waals surface area contributed by atoms with E-state index in [4.69, 9.17) is 0 Å². The Morgan fingerprint density at radius 3 is 2.93 bits per heavy atom. The molecule has 7 nitrogen and oxygen atoms in total. The highest BCUT2D eigenvalue weighted by Crippen LogP contribution is 2.25. The molecule has 1 aromatic carbocycles. The van der Waals surface area contributed by atoms with E-state index < -0.39 is 4.92 Å². The Hall–Kier alpha value is -1.70. The molecule has 0 aliphatic rings. The molecule has 0 amide bonds. The molecule has 72 valence electrons. The first-order valence-corrected chi connectivity index (χ1v) is 4.31. The van der Waals surface area contributed by atoms with Crippen LogP contribution in [-0.2, 0) is 0 Å². The van der Waals surface area contributed by atoms with Crippen LogP contribution in [-0.4, -0.2) is 15.2 Å². The number of rotatable bonds is 1. The average Bonchev–Trinajstić information content (AvgIpc) is 2.47. The summed E-state index contributed by atoms with van der Waals surface area (Å²) in [5.74, 6) is 0. The number of aromatic nitrogens is 3. The molecule has 1 N–H and O–H groups in total. The fourth-order valence-electron chi connectivity index (χ4n) is 1.14. The Kier molecular flexibility index (Phi) is 1.84. The fourth-order valence-corrected chi connectivity index (χ4v) is 1.57. The van der Waals surface area contributed by atoms with E-state index in [-0.39, 0.29) is 16.7 Å². The van der Waals surface area contributed by atoms with Gasteiger partial charge in [0.15, 0.2) is 0 Å². The molecule has 0 saturated carbocycles. The highest BCUT2D eigenvalue weighted by atomic mass is 79.9. The van der Waals surface area contributed by atoms with E-state index in [0.717, 1.165) is 0 Å².